The van der Waals surface area contributed by atoms with Crippen molar-refractivity contribution in [2.45, 2.75) is 32.1 Å². The van der Waals surface area contributed by atoms with E-state index in [1.54, 1.807) is 24.3 Å². The van der Waals surface area contributed by atoms with Crippen LogP contribution in [0.3, 0.4) is 0 Å². The summed E-state index contributed by atoms with van der Waals surface area (Å²) < 4.78 is 29.6. The van der Waals surface area contributed by atoms with Crippen LogP contribution in [0.5, 0.6) is 0 Å². The number of fused-ring (bicyclic) bond motifs is 4. The Morgan fingerprint density at radius 1 is 0.625 bits per heavy atom. The standard InChI is InChI=1S/C33H22N3.C7H8O3S.C7H6O.C5H6.CH4.CH3.2Zn/c1-4-10-22(11-5-1)31-25-16-18-27(34-25)32(23-12-6-2-7-13-23)29-20-21-30(36-29)33(24-14-8-3-9-15-24)28-19-17-26(31)35-28;1-6-2-4-7(5-3-6)11(8,9)10;8-6-7-4-2-1-3-5-7;1-2-4-5-3-1;;;;/h1-20H,21H2;2-5H,1H3,(H,8,9,10);1-6H;1-4H,5H2;1H4;1H3;;/q-1;;;;;-1;;+2. The number of hydrogen-bond donors (Lipinski definition) is 1. The average Bonchev–Trinajstić information content (AvgIpc) is 4.15. The number of hydrogen-bond acceptors (Lipinski definition) is 5. The van der Waals surface area contributed by atoms with Crippen LogP contribution in [0.4, 0.5) is 0 Å². The van der Waals surface area contributed by atoms with E-state index in [-0.39, 0.29) is 58.7 Å². The second-order valence-corrected chi connectivity index (χ2v) is 15.3. The molecule has 1 aromatic heterocycles. The van der Waals surface area contributed by atoms with E-state index in [0.29, 0.717) is 0 Å². The molecule has 4 heterocycles. The minimum atomic E-state index is -4.02. The van der Waals surface area contributed by atoms with E-state index >= 15 is 0 Å². The monoisotopic (exact) mass is 963 g/mol. The molecular weight excluding hydrogens is 917 g/mol. The Labute approximate surface area is 403 Å². The van der Waals surface area contributed by atoms with Crippen molar-refractivity contribution in [1.82, 2.24) is 4.98 Å². The number of carbonyl (C=O) groups excluding carboxylic acids is 1. The van der Waals surface area contributed by atoms with E-state index in [4.69, 9.17) is 19.5 Å². The maximum atomic E-state index is 10.5. The topological polar surface area (TPSA) is 110 Å². The van der Waals surface area contributed by atoms with E-state index in [1.165, 1.54) is 12.1 Å². The SMILES string of the molecule is C.C1=CC2=C(c3ccccc3)C3=CCC(=N3)C(c3ccccc3)=c3ccc([n-]3)=C(c3ccccc3)C1=N2.C1=CCC=C1.Cc1ccc(S(=O)(=O)O)cc1.O=Cc1ccccc1.[CH3-].[Zn+2].[Zn]. The van der Waals surface area contributed by atoms with Crippen molar-refractivity contribution in [2.24, 2.45) is 9.98 Å². The number of aliphatic imine (C=N–C) groups is 2. The van der Waals surface area contributed by atoms with Crippen LogP contribution in [-0.4, -0.2) is 30.7 Å². The molecule has 6 aromatic rings. The van der Waals surface area contributed by atoms with Gasteiger partial charge in [-0.3, -0.25) is 14.3 Å². The predicted octanol–water partition coefficient (Wildman–Crippen LogP) is 10.5. The first-order chi connectivity index (χ1) is 29.3. The van der Waals surface area contributed by atoms with Crippen LogP contribution in [0.2, 0.25) is 0 Å². The Morgan fingerprint density at radius 3 is 1.58 bits per heavy atom. The van der Waals surface area contributed by atoms with Gasteiger partial charge in [-0.05, 0) is 65.5 Å². The molecule has 0 unspecified atom stereocenters. The summed E-state index contributed by atoms with van der Waals surface area (Å²) in [5, 5.41) is 1.86. The fourth-order valence-electron chi connectivity index (χ4n) is 6.79. The molecule has 64 heavy (non-hydrogen) atoms. The molecule has 0 saturated carbocycles. The molecule has 10 rings (SSSR count). The molecule has 0 spiro atoms. The summed E-state index contributed by atoms with van der Waals surface area (Å²) in [6.45, 7) is 1.84. The number of aromatic nitrogens is 1. The van der Waals surface area contributed by atoms with E-state index < -0.39 is 10.1 Å². The largest absolute Gasteiger partial charge is 2.00 e. The fourth-order valence-corrected chi connectivity index (χ4v) is 7.27. The molecule has 3 aliphatic heterocycles. The van der Waals surface area contributed by atoms with Gasteiger partial charge in [-0.15, -0.1) is 10.7 Å². The van der Waals surface area contributed by atoms with Crippen molar-refractivity contribution < 1.29 is 56.7 Å². The van der Waals surface area contributed by atoms with Crippen LogP contribution < -0.4 is 15.7 Å². The first kappa shape index (κ1) is 52.3. The van der Waals surface area contributed by atoms with Crippen LogP contribution >= 0.6 is 0 Å². The van der Waals surface area contributed by atoms with Gasteiger partial charge in [0, 0.05) is 37.0 Å². The molecule has 0 radical (unpaired) electrons. The number of rotatable bonds is 5. The summed E-state index contributed by atoms with van der Waals surface area (Å²) in [5.74, 6) is 0. The predicted molar refractivity (Wildman–Crippen MR) is 256 cm³/mol. The van der Waals surface area contributed by atoms with Crippen LogP contribution in [0.1, 0.15) is 52.9 Å². The molecule has 6 bridgehead atoms. The van der Waals surface area contributed by atoms with Gasteiger partial charge in [0.2, 0.25) is 0 Å². The Morgan fingerprint density at radius 2 is 1.11 bits per heavy atom. The molecular formula is C54H49N3O4SZn2. The summed E-state index contributed by atoms with van der Waals surface area (Å²) in [6, 6.07) is 50.7. The summed E-state index contributed by atoms with van der Waals surface area (Å²) in [7, 11) is -4.02. The zero-order valence-electron chi connectivity index (χ0n) is 35.4. The Kier molecular flexibility index (Phi) is 20.7. The van der Waals surface area contributed by atoms with Gasteiger partial charge in [-0.2, -0.15) is 8.42 Å². The summed E-state index contributed by atoms with van der Waals surface area (Å²) in [5.41, 5.74) is 12.0. The van der Waals surface area contributed by atoms with Gasteiger partial charge in [0.05, 0.1) is 27.7 Å². The third-order valence-electron chi connectivity index (χ3n) is 9.69. The number of benzene rings is 5. The third-order valence-corrected chi connectivity index (χ3v) is 10.6. The molecule has 0 fully saturated rings. The Balaban J connectivity index is 0.000000319. The second-order valence-electron chi connectivity index (χ2n) is 13.9. The summed E-state index contributed by atoms with van der Waals surface area (Å²) in [6.07, 6.45) is 17.5. The molecule has 5 aromatic carbocycles. The number of carbonyl (C=O) groups is 1. The molecule has 1 aliphatic carbocycles. The Hall–Kier alpha value is -6.01. The molecule has 0 atom stereocenters. The van der Waals surface area contributed by atoms with Gasteiger partial charge >= 0.3 is 19.5 Å². The summed E-state index contributed by atoms with van der Waals surface area (Å²) in [4.78, 5) is 25.5. The molecule has 314 valence electrons. The van der Waals surface area contributed by atoms with Crippen molar-refractivity contribution in [2.75, 3.05) is 0 Å². The minimum absolute atomic E-state index is 0. The first-order valence-corrected chi connectivity index (χ1v) is 20.9. The van der Waals surface area contributed by atoms with Gasteiger partial charge in [-0.25, -0.2) is 4.99 Å². The van der Waals surface area contributed by atoms with Crippen molar-refractivity contribution >= 4 is 44.5 Å². The van der Waals surface area contributed by atoms with Gasteiger partial charge in [0.25, 0.3) is 10.1 Å². The van der Waals surface area contributed by atoms with E-state index in [2.05, 4.69) is 127 Å². The first-order valence-electron chi connectivity index (χ1n) is 19.5. The third kappa shape index (κ3) is 13.5. The summed E-state index contributed by atoms with van der Waals surface area (Å²) >= 11 is 0. The van der Waals surface area contributed by atoms with E-state index in [9.17, 15) is 13.2 Å². The van der Waals surface area contributed by atoms with Crippen LogP contribution in [0, 0.1) is 14.4 Å². The van der Waals surface area contributed by atoms with Gasteiger partial charge < -0.3 is 12.4 Å². The number of aryl methyl sites for hydroxylation is 1. The van der Waals surface area contributed by atoms with Crippen molar-refractivity contribution in [3.63, 3.8) is 0 Å². The van der Waals surface area contributed by atoms with Gasteiger partial charge in [0.15, 0.2) is 0 Å². The zero-order chi connectivity index (χ0) is 41.7. The second kappa shape index (κ2) is 25.3. The molecule has 7 nitrogen and oxygen atoms in total. The molecule has 4 aliphatic rings. The minimum Gasteiger partial charge on any atom is -0.657 e. The smallest absolute Gasteiger partial charge is 0.657 e. The van der Waals surface area contributed by atoms with E-state index in [1.807, 2.05) is 43.3 Å². The van der Waals surface area contributed by atoms with Crippen LogP contribution in [-0.2, 0) is 49.1 Å². The van der Waals surface area contributed by atoms with Crippen molar-refractivity contribution in [3.8, 4) is 0 Å². The van der Waals surface area contributed by atoms with Crippen LogP contribution in [0.15, 0.2) is 227 Å². The van der Waals surface area contributed by atoms with Crippen molar-refractivity contribution in [1.29, 1.82) is 0 Å². The average molecular weight is 967 g/mol. The maximum absolute atomic E-state index is 10.5. The van der Waals surface area contributed by atoms with E-state index in [0.717, 1.165) is 97.2 Å². The quantitative estimate of drug-likeness (QED) is 0.0801. The van der Waals surface area contributed by atoms with Gasteiger partial charge in [-0.1, -0.05) is 189 Å². The van der Waals surface area contributed by atoms with Crippen molar-refractivity contribution in [3.05, 3.63) is 258 Å². The Bertz CT molecular complexity index is 2930. The van der Waals surface area contributed by atoms with Gasteiger partial charge in [0.1, 0.15) is 6.29 Å². The number of nitrogens with zero attached hydrogens (tertiary/aromatic N) is 3. The molecule has 0 saturated heterocycles. The molecule has 10 heteroatoms. The number of allylic oxidation sites excluding steroid dienone is 8. The number of aldehydes is 1. The van der Waals surface area contributed by atoms with Crippen LogP contribution in [0.25, 0.3) is 16.7 Å². The fraction of sp³-hybridized carbons (Fsp3) is 0.0741. The molecule has 1 N–H and O–H groups in total. The zero-order valence-corrected chi connectivity index (χ0v) is 42.1. The normalized spacial score (nSPS) is 13.6. The molecule has 0 amide bonds. The maximum Gasteiger partial charge on any atom is 2.00 e.